The molecule has 0 aliphatic carbocycles. The molecule has 0 aliphatic rings. The largest absolute Gasteiger partial charge is 0.407 e. The second-order valence-electron chi connectivity index (χ2n) is 6.56. The summed E-state index contributed by atoms with van der Waals surface area (Å²) < 4.78 is 39.2. The van der Waals surface area contributed by atoms with Crippen molar-refractivity contribution in [1.29, 1.82) is 0 Å². The van der Waals surface area contributed by atoms with Gasteiger partial charge in [0.2, 0.25) is 5.91 Å². The molecule has 6 nitrogen and oxygen atoms in total. The number of halogens is 4. The molecule has 0 heterocycles. The zero-order valence-electron chi connectivity index (χ0n) is 16.1. The standard InChI is InChI=1S/C20H17ClF3N3O3S/c1-19(30,11-31-14-6-3-12(4-7-14)26-17(28)10-21)18(29)27-13-5-8-16(25-2)15(9-13)20(22,23)24/h3-9,30H,10-11H2,1H3,(H,26,28)(H,27,29). The molecule has 0 spiro atoms. The number of amides is 2. The molecule has 31 heavy (non-hydrogen) atoms. The van der Waals surface area contributed by atoms with Crippen LogP contribution >= 0.6 is 23.4 Å². The van der Waals surface area contributed by atoms with Crippen molar-refractivity contribution in [3.05, 3.63) is 59.4 Å². The topological polar surface area (TPSA) is 82.8 Å². The summed E-state index contributed by atoms with van der Waals surface area (Å²) >= 11 is 6.56. The number of carbonyl (C=O) groups is 2. The molecule has 0 radical (unpaired) electrons. The van der Waals surface area contributed by atoms with E-state index in [-0.39, 0.29) is 23.2 Å². The summed E-state index contributed by atoms with van der Waals surface area (Å²) in [5, 5.41) is 15.3. The quantitative estimate of drug-likeness (QED) is 0.304. The van der Waals surface area contributed by atoms with E-state index in [1.54, 1.807) is 24.3 Å². The number of alkyl halides is 4. The predicted octanol–water partition coefficient (Wildman–Crippen LogP) is 4.92. The third-order valence-electron chi connectivity index (χ3n) is 3.95. The van der Waals surface area contributed by atoms with Crippen LogP contribution in [-0.4, -0.2) is 34.2 Å². The van der Waals surface area contributed by atoms with Crippen molar-refractivity contribution in [3.8, 4) is 0 Å². The van der Waals surface area contributed by atoms with Crippen molar-refractivity contribution in [2.75, 3.05) is 22.3 Å². The first-order valence-electron chi connectivity index (χ1n) is 8.67. The van der Waals surface area contributed by atoms with E-state index in [1.165, 1.54) is 6.92 Å². The number of hydrogen-bond donors (Lipinski definition) is 3. The van der Waals surface area contributed by atoms with Crippen molar-refractivity contribution in [2.45, 2.75) is 23.6 Å². The Balaban J connectivity index is 2.03. The van der Waals surface area contributed by atoms with E-state index in [0.717, 1.165) is 23.9 Å². The summed E-state index contributed by atoms with van der Waals surface area (Å²) in [6, 6.07) is 9.36. The smallest absolute Gasteiger partial charge is 0.379 e. The number of thioether (sulfide) groups is 1. The minimum Gasteiger partial charge on any atom is -0.379 e. The van der Waals surface area contributed by atoms with Crippen LogP contribution < -0.4 is 10.6 Å². The maximum Gasteiger partial charge on any atom is 0.407 e. The molecule has 2 rings (SSSR count). The zero-order valence-corrected chi connectivity index (χ0v) is 17.7. The molecule has 0 saturated heterocycles. The van der Waals surface area contributed by atoms with E-state index in [9.17, 15) is 27.9 Å². The van der Waals surface area contributed by atoms with E-state index >= 15 is 0 Å². The van der Waals surface area contributed by atoms with Crippen molar-refractivity contribution in [3.63, 3.8) is 0 Å². The van der Waals surface area contributed by atoms with E-state index in [0.29, 0.717) is 16.6 Å². The number of nitrogens with zero attached hydrogens (tertiary/aromatic N) is 1. The highest BCUT2D eigenvalue weighted by atomic mass is 35.5. The minimum absolute atomic E-state index is 0.0848. The average Bonchev–Trinajstić information content (AvgIpc) is 2.72. The SMILES string of the molecule is [C-]#[N+]c1ccc(NC(=O)C(C)(O)CSc2ccc(NC(=O)CCl)cc2)cc1C(F)(F)F. The Morgan fingerprint density at radius 3 is 2.29 bits per heavy atom. The van der Waals surface area contributed by atoms with Gasteiger partial charge in [-0.1, -0.05) is 6.07 Å². The van der Waals surface area contributed by atoms with Gasteiger partial charge in [0.15, 0.2) is 5.69 Å². The number of carbonyl (C=O) groups excluding carboxylic acids is 2. The first-order valence-corrected chi connectivity index (χ1v) is 10.2. The zero-order chi connectivity index (χ0) is 23.2. The Kier molecular flexibility index (Phi) is 7.95. The number of nitrogens with one attached hydrogen (secondary N) is 2. The average molecular weight is 472 g/mol. The van der Waals surface area contributed by atoms with Crippen molar-refractivity contribution >= 4 is 52.2 Å². The first kappa shape index (κ1) is 24.5. The van der Waals surface area contributed by atoms with Gasteiger partial charge in [-0.15, -0.1) is 23.4 Å². The van der Waals surface area contributed by atoms with Crippen molar-refractivity contribution < 1.29 is 27.9 Å². The van der Waals surface area contributed by atoms with Crippen LogP contribution in [0, 0.1) is 6.57 Å². The molecule has 0 bridgehead atoms. The third-order valence-corrected chi connectivity index (χ3v) is 5.50. The Hall–Kier alpha value is -2.74. The van der Waals surface area contributed by atoms with Crippen LogP contribution in [-0.2, 0) is 15.8 Å². The third kappa shape index (κ3) is 6.89. The molecule has 2 aromatic carbocycles. The van der Waals surface area contributed by atoms with E-state index in [2.05, 4.69) is 15.5 Å². The number of hydrogen-bond acceptors (Lipinski definition) is 4. The monoisotopic (exact) mass is 471 g/mol. The lowest BCUT2D eigenvalue weighted by molar-refractivity contribution is -0.137. The molecular formula is C20H17ClF3N3O3S. The minimum atomic E-state index is -4.76. The Morgan fingerprint density at radius 1 is 1.13 bits per heavy atom. The fourth-order valence-corrected chi connectivity index (χ4v) is 3.30. The van der Waals surface area contributed by atoms with E-state index in [1.807, 2.05) is 0 Å². The molecule has 1 unspecified atom stereocenters. The van der Waals surface area contributed by atoms with Gasteiger partial charge in [-0.05, 0) is 43.3 Å². The fraction of sp³-hybridized carbons (Fsp3) is 0.250. The summed E-state index contributed by atoms with van der Waals surface area (Å²) in [6.45, 7) is 8.08. The van der Waals surface area contributed by atoms with Gasteiger partial charge in [-0.2, -0.15) is 13.2 Å². The number of benzene rings is 2. The van der Waals surface area contributed by atoms with Gasteiger partial charge in [0.25, 0.3) is 5.91 Å². The van der Waals surface area contributed by atoms with E-state index in [4.69, 9.17) is 18.2 Å². The Bertz CT molecular complexity index is 1010. The summed E-state index contributed by atoms with van der Waals surface area (Å²) in [5.74, 6) is -1.52. The maximum atomic E-state index is 13.1. The molecule has 164 valence electrons. The van der Waals surface area contributed by atoms with Crippen LogP contribution in [0.5, 0.6) is 0 Å². The van der Waals surface area contributed by atoms with Gasteiger partial charge in [0, 0.05) is 22.0 Å². The molecule has 2 amide bonds. The highest BCUT2D eigenvalue weighted by Crippen LogP contribution is 2.38. The first-order chi connectivity index (χ1) is 14.5. The fourth-order valence-electron chi connectivity index (χ4n) is 2.32. The van der Waals surface area contributed by atoms with Gasteiger partial charge < -0.3 is 15.7 Å². The van der Waals surface area contributed by atoms with Crippen LogP contribution in [0.3, 0.4) is 0 Å². The maximum absolute atomic E-state index is 13.1. The highest BCUT2D eigenvalue weighted by Gasteiger charge is 2.35. The molecule has 0 fully saturated rings. The Morgan fingerprint density at radius 2 is 1.74 bits per heavy atom. The molecule has 2 aromatic rings. The summed E-state index contributed by atoms with van der Waals surface area (Å²) in [4.78, 5) is 27.2. The summed E-state index contributed by atoms with van der Waals surface area (Å²) in [5.41, 5.74) is -3.31. The lowest BCUT2D eigenvalue weighted by atomic mass is 10.1. The van der Waals surface area contributed by atoms with Gasteiger partial charge in [0.1, 0.15) is 11.5 Å². The number of anilines is 2. The van der Waals surface area contributed by atoms with Crippen molar-refractivity contribution in [2.24, 2.45) is 0 Å². The van der Waals surface area contributed by atoms with Gasteiger partial charge in [-0.3, -0.25) is 9.59 Å². The van der Waals surface area contributed by atoms with Gasteiger partial charge >= 0.3 is 6.18 Å². The van der Waals surface area contributed by atoms with Crippen LogP contribution in [0.4, 0.5) is 30.2 Å². The van der Waals surface area contributed by atoms with Gasteiger partial charge in [0.05, 0.1) is 12.1 Å². The molecule has 1 atom stereocenters. The highest BCUT2D eigenvalue weighted by molar-refractivity contribution is 7.99. The molecular weight excluding hydrogens is 455 g/mol. The second-order valence-corrected chi connectivity index (χ2v) is 7.88. The molecule has 0 saturated carbocycles. The predicted molar refractivity (Wildman–Crippen MR) is 113 cm³/mol. The molecule has 0 aromatic heterocycles. The van der Waals surface area contributed by atoms with Crippen LogP contribution in [0.25, 0.3) is 4.85 Å². The van der Waals surface area contributed by atoms with Crippen LogP contribution in [0.15, 0.2) is 47.4 Å². The lowest BCUT2D eigenvalue weighted by Crippen LogP contribution is -2.42. The Labute approximate surface area is 185 Å². The molecule has 0 aliphatic heterocycles. The number of aliphatic hydroxyl groups is 1. The van der Waals surface area contributed by atoms with Crippen LogP contribution in [0.1, 0.15) is 12.5 Å². The molecule has 11 heteroatoms. The van der Waals surface area contributed by atoms with E-state index < -0.39 is 28.9 Å². The molecule has 3 N–H and O–H groups in total. The van der Waals surface area contributed by atoms with Gasteiger partial charge in [-0.25, -0.2) is 4.85 Å². The summed E-state index contributed by atoms with van der Waals surface area (Å²) in [7, 11) is 0. The number of rotatable bonds is 7. The lowest BCUT2D eigenvalue weighted by Gasteiger charge is -2.22. The normalized spacial score (nSPS) is 13.1. The second kappa shape index (κ2) is 10.0. The van der Waals surface area contributed by atoms with Crippen molar-refractivity contribution in [1.82, 2.24) is 0 Å². The summed E-state index contributed by atoms with van der Waals surface area (Å²) in [6.07, 6.45) is -4.76. The van der Waals surface area contributed by atoms with Crippen LogP contribution in [0.2, 0.25) is 0 Å².